The fraction of sp³-hybridized carbons (Fsp3) is 0.385. The molecule has 0 atom stereocenters. The molecule has 5 heteroatoms. The van der Waals surface area contributed by atoms with Crippen molar-refractivity contribution in [3.8, 4) is 23.3 Å². The van der Waals surface area contributed by atoms with Crippen LogP contribution >= 0.6 is 0 Å². The fourth-order valence-electron chi connectivity index (χ4n) is 1.62. The number of nitriles is 1. The second-order valence-corrected chi connectivity index (χ2v) is 3.46. The molecule has 5 nitrogen and oxygen atoms in total. The molecule has 0 fully saturated rings. The van der Waals surface area contributed by atoms with Crippen LogP contribution in [0.15, 0.2) is 12.1 Å². The van der Waals surface area contributed by atoms with Gasteiger partial charge in [0.1, 0.15) is 0 Å². The number of carbonyl (C=O) groups is 1. The first-order valence-electron chi connectivity index (χ1n) is 5.38. The van der Waals surface area contributed by atoms with Gasteiger partial charge in [-0.2, -0.15) is 5.26 Å². The monoisotopic (exact) mass is 249 g/mol. The zero-order chi connectivity index (χ0) is 13.5. The number of benzene rings is 1. The van der Waals surface area contributed by atoms with E-state index in [1.165, 1.54) is 21.3 Å². The van der Waals surface area contributed by atoms with Gasteiger partial charge in [-0.05, 0) is 12.1 Å². The number of ketones is 1. The van der Waals surface area contributed by atoms with Crippen molar-refractivity contribution in [1.82, 2.24) is 0 Å². The molecule has 0 aromatic heterocycles. The van der Waals surface area contributed by atoms with Crippen molar-refractivity contribution >= 4 is 5.78 Å². The lowest BCUT2D eigenvalue weighted by Gasteiger charge is -2.14. The average molecular weight is 249 g/mol. The number of hydrogen-bond acceptors (Lipinski definition) is 5. The Morgan fingerprint density at radius 3 is 2.33 bits per heavy atom. The van der Waals surface area contributed by atoms with Gasteiger partial charge in [0.15, 0.2) is 17.3 Å². The highest BCUT2D eigenvalue weighted by atomic mass is 16.5. The number of Topliss-reactive ketones (excluding diaryl/α,β-unsaturated/α-hetero) is 1. The van der Waals surface area contributed by atoms with Gasteiger partial charge in [0.05, 0.1) is 33.0 Å². The molecule has 1 rings (SSSR count). The van der Waals surface area contributed by atoms with Gasteiger partial charge in [-0.15, -0.1) is 0 Å². The summed E-state index contributed by atoms with van der Waals surface area (Å²) in [7, 11) is 4.44. The number of carbonyl (C=O) groups excluding carboxylic acids is 1. The Morgan fingerprint density at radius 1 is 1.17 bits per heavy atom. The smallest absolute Gasteiger partial charge is 0.204 e. The number of ether oxygens (including phenoxy) is 3. The highest BCUT2D eigenvalue weighted by Gasteiger charge is 2.20. The van der Waals surface area contributed by atoms with Crippen molar-refractivity contribution in [3.63, 3.8) is 0 Å². The van der Waals surface area contributed by atoms with Gasteiger partial charge < -0.3 is 14.2 Å². The van der Waals surface area contributed by atoms with Crippen LogP contribution in [0, 0.1) is 11.3 Å². The van der Waals surface area contributed by atoms with E-state index in [2.05, 4.69) is 0 Å². The van der Waals surface area contributed by atoms with Crippen molar-refractivity contribution in [2.24, 2.45) is 0 Å². The molecule has 0 saturated heterocycles. The lowest BCUT2D eigenvalue weighted by molar-refractivity contribution is 0.0980. The van der Waals surface area contributed by atoms with Crippen molar-refractivity contribution < 1.29 is 19.0 Å². The van der Waals surface area contributed by atoms with E-state index in [0.717, 1.165) is 0 Å². The Labute approximate surface area is 106 Å². The van der Waals surface area contributed by atoms with Gasteiger partial charge >= 0.3 is 0 Å². The van der Waals surface area contributed by atoms with Crippen LogP contribution in [0.1, 0.15) is 23.2 Å². The number of hydrogen-bond donors (Lipinski definition) is 0. The zero-order valence-corrected chi connectivity index (χ0v) is 10.6. The molecular formula is C13H15NO4. The zero-order valence-electron chi connectivity index (χ0n) is 10.6. The summed E-state index contributed by atoms with van der Waals surface area (Å²) in [6, 6.07) is 5.19. The minimum atomic E-state index is -0.158. The fourth-order valence-corrected chi connectivity index (χ4v) is 1.62. The minimum Gasteiger partial charge on any atom is -0.493 e. The predicted octanol–water partition coefficient (Wildman–Crippen LogP) is 2.20. The van der Waals surface area contributed by atoms with E-state index in [9.17, 15) is 4.79 Å². The Hall–Kier alpha value is -2.22. The Balaban J connectivity index is 3.21. The summed E-state index contributed by atoms with van der Waals surface area (Å²) < 4.78 is 15.5. The van der Waals surface area contributed by atoms with Crippen molar-refractivity contribution in [1.29, 1.82) is 5.26 Å². The van der Waals surface area contributed by atoms with Crippen LogP contribution in [0.5, 0.6) is 17.2 Å². The standard InChI is InChI=1S/C13H15NO4/c1-16-11-7-6-9(10(15)5-4-8-14)12(17-2)13(11)18-3/h6-7H,4-5H2,1-3H3. The molecule has 0 bridgehead atoms. The second-order valence-electron chi connectivity index (χ2n) is 3.46. The Kier molecular flexibility index (Phi) is 5.00. The van der Waals surface area contributed by atoms with Gasteiger partial charge in [0.2, 0.25) is 5.75 Å². The molecule has 0 heterocycles. The van der Waals surface area contributed by atoms with Crippen LogP contribution in [-0.4, -0.2) is 27.1 Å². The summed E-state index contributed by atoms with van der Waals surface area (Å²) in [5, 5.41) is 8.49. The van der Waals surface area contributed by atoms with E-state index in [1.54, 1.807) is 12.1 Å². The predicted molar refractivity (Wildman–Crippen MR) is 65.3 cm³/mol. The molecule has 0 radical (unpaired) electrons. The molecule has 0 saturated carbocycles. The minimum absolute atomic E-state index is 0.155. The Morgan fingerprint density at radius 2 is 1.83 bits per heavy atom. The molecule has 0 unspecified atom stereocenters. The second kappa shape index (κ2) is 6.50. The SMILES string of the molecule is COc1ccc(C(=O)CCC#N)c(OC)c1OC. The van der Waals surface area contributed by atoms with Gasteiger partial charge in [-0.1, -0.05) is 0 Å². The number of rotatable bonds is 6. The number of nitrogens with zero attached hydrogens (tertiary/aromatic N) is 1. The topological polar surface area (TPSA) is 68.6 Å². The third kappa shape index (κ3) is 2.72. The van der Waals surface area contributed by atoms with Gasteiger partial charge in [-0.25, -0.2) is 0 Å². The summed E-state index contributed by atoms with van der Waals surface area (Å²) in [4.78, 5) is 11.9. The first kappa shape index (κ1) is 13.8. The molecule has 0 amide bonds. The van der Waals surface area contributed by atoms with E-state index in [1.807, 2.05) is 6.07 Å². The van der Waals surface area contributed by atoms with Crippen LogP contribution in [-0.2, 0) is 0 Å². The van der Waals surface area contributed by atoms with Gasteiger partial charge in [0.25, 0.3) is 0 Å². The molecule has 0 spiro atoms. The maximum absolute atomic E-state index is 11.9. The van der Waals surface area contributed by atoms with Crippen LogP contribution < -0.4 is 14.2 Å². The van der Waals surface area contributed by atoms with E-state index >= 15 is 0 Å². The van der Waals surface area contributed by atoms with Crippen molar-refractivity contribution in [3.05, 3.63) is 17.7 Å². The molecule has 0 aliphatic carbocycles. The molecule has 96 valence electrons. The lowest BCUT2D eigenvalue weighted by atomic mass is 10.0. The van der Waals surface area contributed by atoms with E-state index in [-0.39, 0.29) is 18.6 Å². The van der Waals surface area contributed by atoms with Crippen LogP contribution in [0.2, 0.25) is 0 Å². The molecule has 0 aliphatic rings. The van der Waals surface area contributed by atoms with E-state index in [4.69, 9.17) is 19.5 Å². The van der Waals surface area contributed by atoms with Crippen molar-refractivity contribution in [2.75, 3.05) is 21.3 Å². The molecule has 18 heavy (non-hydrogen) atoms. The highest BCUT2D eigenvalue weighted by molar-refractivity contribution is 6.00. The molecule has 1 aromatic carbocycles. The summed E-state index contributed by atoms with van der Waals surface area (Å²) in [6.07, 6.45) is 0.332. The van der Waals surface area contributed by atoms with E-state index < -0.39 is 0 Å². The van der Waals surface area contributed by atoms with E-state index in [0.29, 0.717) is 22.8 Å². The Bertz CT molecular complexity index is 477. The lowest BCUT2D eigenvalue weighted by Crippen LogP contribution is -2.04. The van der Waals surface area contributed by atoms with Crippen molar-refractivity contribution in [2.45, 2.75) is 12.8 Å². The number of methoxy groups -OCH3 is 3. The molecule has 1 aromatic rings. The maximum Gasteiger partial charge on any atom is 0.204 e. The van der Waals surface area contributed by atoms with Crippen LogP contribution in [0.4, 0.5) is 0 Å². The largest absolute Gasteiger partial charge is 0.493 e. The molecular weight excluding hydrogens is 234 g/mol. The highest BCUT2D eigenvalue weighted by Crippen LogP contribution is 2.40. The van der Waals surface area contributed by atoms with Crippen LogP contribution in [0.3, 0.4) is 0 Å². The average Bonchev–Trinajstić information content (AvgIpc) is 2.42. The normalized spacial score (nSPS) is 9.44. The van der Waals surface area contributed by atoms with Gasteiger partial charge in [-0.3, -0.25) is 4.79 Å². The summed E-state index contributed by atoms with van der Waals surface area (Å²) in [5.74, 6) is 1.04. The third-order valence-corrected chi connectivity index (χ3v) is 2.47. The first-order valence-corrected chi connectivity index (χ1v) is 5.38. The quantitative estimate of drug-likeness (QED) is 0.723. The van der Waals surface area contributed by atoms with Crippen LogP contribution in [0.25, 0.3) is 0 Å². The maximum atomic E-state index is 11.9. The third-order valence-electron chi connectivity index (χ3n) is 2.47. The summed E-state index contributed by atoms with van der Waals surface area (Å²) >= 11 is 0. The summed E-state index contributed by atoms with van der Waals surface area (Å²) in [6.45, 7) is 0. The molecule has 0 N–H and O–H groups in total. The van der Waals surface area contributed by atoms with Gasteiger partial charge in [0, 0.05) is 12.8 Å². The summed E-state index contributed by atoms with van der Waals surface area (Å²) in [5.41, 5.74) is 0.394. The molecule has 0 aliphatic heterocycles. The first-order chi connectivity index (χ1) is 8.69.